The molecule has 132 valence electrons. The maximum absolute atomic E-state index is 5.71. The van der Waals surface area contributed by atoms with Crippen LogP contribution >= 0.6 is 0 Å². The van der Waals surface area contributed by atoms with Gasteiger partial charge in [0.15, 0.2) is 0 Å². The first-order valence-corrected chi connectivity index (χ1v) is 9.11. The number of fused-ring (bicyclic) bond motifs is 1. The summed E-state index contributed by atoms with van der Waals surface area (Å²) in [4.78, 5) is 5.88. The normalized spacial score (nSPS) is 11.2. The summed E-state index contributed by atoms with van der Waals surface area (Å²) in [7, 11) is 4.17. The second-order valence-corrected chi connectivity index (χ2v) is 7.10. The molecule has 0 amide bonds. The summed E-state index contributed by atoms with van der Waals surface area (Å²) in [6.45, 7) is 5.14. The molecule has 0 bridgehead atoms. The van der Waals surface area contributed by atoms with E-state index in [-0.39, 0.29) is 0 Å². The zero-order chi connectivity index (χ0) is 18.0. The molecular formula is C22H29N3. The lowest BCUT2D eigenvalue weighted by Gasteiger charge is -2.14. The second kappa shape index (κ2) is 7.32. The van der Waals surface area contributed by atoms with Gasteiger partial charge in [0.2, 0.25) is 0 Å². The molecule has 3 nitrogen and oxygen atoms in total. The molecule has 3 rings (SSSR count). The van der Waals surface area contributed by atoms with Gasteiger partial charge in [0.1, 0.15) is 0 Å². The van der Waals surface area contributed by atoms with Crippen molar-refractivity contribution in [2.24, 2.45) is 5.73 Å². The van der Waals surface area contributed by atoms with Crippen LogP contribution < -0.4 is 10.6 Å². The number of hydrogen-bond donors (Lipinski definition) is 2. The van der Waals surface area contributed by atoms with E-state index in [1.807, 2.05) is 0 Å². The van der Waals surface area contributed by atoms with Gasteiger partial charge in [-0.15, -0.1) is 0 Å². The minimum Gasteiger partial charge on any atom is -0.378 e. The van der Waals surface area contributed by atoms with Crippen LogP contribution in [0.15, 0.2) is 36.4 Å². The summed E-state index contributed by atoms with van der Waals surface area (Å²) in [6.07, 6.45) is 3.24. The monoisotopic (exact) mass is 335 g/mol. The third-order valence-electron chi connectivity index (χ3n) is 5.14. The van der Waals surface area contributed by atoms with E-state index in [1.54, 1.807) is 0 Å². The predicted octanol–water partition coefficient (Wildman–Crippen LogP) is 4.80. The molecule has 0 aliphatic heterocycles. The van der Waals surface area contributed by atoms with E-state index in [4.69, 9.17) is 5.73 Å². The zero-order valence-corrected chi connectivity index (χ0v) is 15.8. The number of rotatable bonds is 6. The Hall–Kier alpha value is -2.26. The number of nitrogens with two attached hydrogens (primary N) is 1. The van der Waals surface area contributed by atoms with Gasteiger partial charge in [-0.05, 0) is 68.5 Å². The lowest BCUT2D eigenvalue weighted by Crippen LogP contribution is -2.08. The number of aromatic amines is 1. The molecule has 0 aliphatic rings. The molecule has 0 saturated carbocycles. The smallest absolute Gasteiger partial charge is 0.0498 e. The molecular weight excluding hydrogens is 306 g/mol. The van der Waals surface area contributed by atoms with Crippen LogP contribution in [0.2, 0.25) is 0 Å². The van der Waals surface area contributed by atoms with Crippen molar-refractivity contribution >= 4 is 16.6 Å². The zero-order valence-electron chi connectivity index (χ0n) is 15.8. The summed E-state index contributed by atoms with van der Waals surface area (Å²) in [6, 6.07) is 13.3. The lowest BCUT2D eigenvalue weighted by molar-refractivity contribution is 0.748. The number of nitrogens with zero attached hydrogens (tertiary/aromatic N) is 1. The van der Waals surface area contributed by atoms with Crippen molar-refractivity contribution in [3.8, 4) is 11.3 Å². The number of H-pyrrole nitrogens is 1. The van der Waals surface area contributed by atoms with Gasteiger partial charge in [0.05, 0.1) is 0 Å². The number of nitrogens with one attached hydrogen (secondary N) is 1. The van der Waals surface area contributed by atoms with Gasteiger partial charge in [-0.25, -0.2) is 0 Å². The van der Waals surface area contributed by atoms with Gasteiger partial charge in [-0.3, -0.25) is 0 Å². The molecule has 0 aliphatic carbocycles. The van der Waals surface area contributed by atoms with E-state index in [1.165, 1.54) is 44.5 Å². The fourth-order valence-corrected chi connectivity index (χ4v) is 3.46. The Labute approximate surface area is 150 Å². The molecule has 0 unspecified atom stereocenters. The number of unbranched alkanes of at least 4 members (excludes halogenated alkanes) is 1. The van der Waals surface area contributed by atoms with Crippen LogP contribution in [0.5, 0.6) is 0 Å². The molecule has 0 spiro atoms. The highest BCUT2D eigenvalue weighted by atomic mass is 15.1. The van der Waals surface area contributed by atoms with Gasteiger partial charge in [0.25, 0.3) is 0 Å². The van der Waals surface area contributed by atoms with Crippen LogP contribution in [0.25, 0.3) is 22.2 Å². The number of anilines is 1. The van der Waals surface area contributed by atoms with Crippen molar-refractivity contribution in [3.05, 3.63) is 53.1 Å². The Kier molecular flexibility index (Phi) is 5.14. The minimum atomic E-state index is 0.756. The van der Waals surface area contributed by atoms with E-state index in [0.29, 0.717) is 0 Å². The molecule has 0 saturated heterocycles. The molecule has 0 fully saturated rings. The Morgan fingerprint density at radius 3 is 2.56 bits per heavy atom. The molecule has 2 aromatic carbocycles. The van der Waals surface area contributed by atoms with E-state index in [2.05, 4.69) is 74.2 Å². The molecule has 1 aromatic heterocycles. The highest BCUT2D eigenvalue weighted by molar-refractivity contribution is 5.93. The van der Waals surface area contributed by atoms with Gasteiger partial charge in [-0.1, -0.05) is 24.3 Å². The van der Waals surface area contributed by atoms with Crippen LogP contribution in [0, 0.1) is 13.8 Å². The summed E-state index contributed by atoms with van der Waals surface area (Å²) in [5, 5.41) is 1.35. The highest BCUT2D eigenvalue weighted by Gasteiger charge is 2.15. The Bertz CT molecular complexity index is 874. The van der Waals surface area contributed by atoms with Gasteiger partial charge < -0.3 is 15.6 Å². The fourth-order valence-electron chi connectivity index (χ4n) is 3.46. The fraction of sp³-hybridized carbons (Fsp3) is 0.364. The van der Waals surface area contributed by atoms with E-state index in [9.17, 15) is 0 Å². The van der Waals surface area contributed by atoms with Gasteiger partial charge in [-0.2, -0.15) is 0 Å². The first-order valence-electron chi connectivity index (χ1n) is 9.11. The highest BCUT2D eigenvalue weighted by Crippen LogP contribution is 2.35. The Morgan fingerprint density at radius 2 is 1.84 bits per heavy atom. The molecule has 0 radical (unpaired) electrons. The van der Waals surface area contributed by atoms with Crippen molar-refractivity contribution in [3.63, 3.8) is 0 Å². The number of benzene rings is 2. The SMILES string of the molecule is Cc1ccc2c(CCCCN)c(-c3cccc(N(C)C)c3)[nH]c2c1C. The van der Waals surface area contributed by atoms with Crippen molar-refractivity contribution in [1.82, 2.24) is 4.98 Å². The van der Waals surface area contributed by atoms with Crippen molar-refractivity contribution in [2.45, 2.75) is 33.1 Å². The van der Waals surface area contributed by atoms with Gasteiger partial charge >= 0.3 is 0 Å². The van der Waals surface area contributed by atoms with Crippen molar-refractivity contribution in [1.29, 1.82) is 0 Å². The first kappa shape index (κ1) is 17.6. The van der Waals surface area contributed by atoms with E-state index < -0.39 is 0 Å². The third kappa shape index (κ3) is 3.42. The Balaban J connectivity index is 2.17. The van der Waals surface area contributed by atoms with Crippen molar-refractivity contribution in [2.75, 3.05) is 25.5 Å². The average molecular weight is 335 g/mol. The summed E-state index contributed by atoms with van der Waals surface area (Å²) in [5.74, 6) is 0. The third-order valence-corrected chi connectivity index (χ3v) is 5.14. The van der Waals surface area contributed by atoms with Gasteiger partial charge in [0, 0.05) is 41.9 Å². The average Bonchev–Trinajstić information content (AvgIpc) is 2.98. The molecule has 3 heteroatoms. The molecule has 1 heterocycles. The number of aromatic nitrogens is 1. The minimum absolute atomic E-state index is 0.756. The van der Waals surface area contributed by atoms with E-state index >= 15 is 0 Å². The number of hydrogen-bond acceptors (Lipinski definition) is 2. The first-order chi connectivity index (χ1) is 12.0. The maximum Gasteiger partial charge on any atom is 0.0498 e. The predicted molar refractivity (Wildman–Crippen MR) is 110 cm³/mol. The van der Waals surface area contributed by atoms with Crippen LogP contribution in [-0.2, 0) is 6.42 Å². The summed E-state index contributed by atoms with van der Waals surface area (Å²) >= 11 is 0. The topological polar surface area (TPSA) is 45.0 Å². The quantitative estimate of drug-likeness (QED) is 0.636. The number of aryl methyl sites for hydroxylation is 3. The molecule has 3 aromatic rings. The molecule has 0 atom stereocenters. The largest absolute Gasteiger partial charge is 0.378 e. The standard InChI is InChI=1S/C22H29N3/c1-15-11-12-20-19(10-5-6-13-23)22(24-21(20)16(15)2)17-8-7-9-18(14-17)25(3)4/h7-9,11-12,14,24H,5-6,10,13,23H2,1-4H3. The summed E-state index contributed by atoms with van der Waals surface area (Å²) < 4.78 is 0. The van der Waals surface area contributed by atoms with Crippen LogP contribution in [0.1, 0.15) is 29.5 Å². The van der Waals surface area contributed by atoms with Crippen molar-refractivity contribution < 1.29 is 0 Å². The second-order valence-electron chi connectivity index (χ2n) is 7.10. The molecule has 25 heavy (non-hydrogen) atoms. The maximum atomic E-state index is 5.71. The van der Waals surface area contributed by atoms with Crippen LogP contribution in [-0.4, -0.2) is 25.6 Å². The van der Waals surface area contributed by atoms with E-state index in [0.717, 1.165) is 25.8 Å². The van der Waals surface area contributed by atoms with Crippen LogP contribution in [0.3, 0.4) is 0 Å². The molecule has 3 N–H and O–H groups in total. The lowest BCUT2D eigenvalue weighted by atomic mass is 9.98. The van der Waals surface area contributed by atoms with Crippen LogP contribution in [0.4, 0.5) is 5.69 Å². The summed E-state index contributed by atoms with van der Waals surface area (Å²) in [5.41, 5.74) is 14.8. The Morgan fingerprint density at radius 1 is 1.04 bits per heavy atom.